The summed E-state index contributed by atoms with van der Waals surface area (Å²) in [7, 11) is 2.13. The lowest BCUT2D eigenvalue weighted by atomic mass is 9.67. The van der Waals surface area contributed by atoms with Crippen molar-refractivity contribution in [2.75, 3.05) is 92.3 Å². The second-order valence-corrected chi connectivity index (χ2v) is 17.8. The molecule has 54 heavy (non-hydrogen) atoms. The van der Waals surface area contributed by atoms with E-state index in [1.807, 2.05) is 6.20 Å². The van der Waals surface area contributed by atoms with Crippen LogP contribution in [0.25, 0.3) is 0 Å². The molecule has 300 valence electrons. The number of halogens is 1. The first kappa shape index (κ1) is 37.4. The summed E-state index contributed by atoms with van der Waals surface area (Å²) in [5, 5.41) is 6.28. The summed E-state index contributed by atoms with van der Waals surface area (Å²) in [6.45, 7) is 10.2. The van der Waals surface area contributed by atoms with E-state index in [4.69, 9.17) is 14.2 Å². The lowest BCUT2D eigenvalue weighted by molar-refractivity contribution is -0.220. The molecule has 3 saturated carbocycles. The number of piperazine rings is 1. The maximum absolute atomic E-state index is 16.8. The number of hydrogen-bond acceptors (Lipinski definition) is 11. The van der Waals surface area contributed by atoms with Crippen LogP contribution in [0.5, 0.6) is 0 Å². The van der Waals surface area contributed by atoms with E-state index in [2.05, 4.69) is 42.2 Å². The molecule has 12 atom stereocenters. The van der Waals surface area contributed by atoms with Crippen LogP contribution in [-0.4, -0.2) is 189 Å². The van der Waals surface area contributed by atoms with E-state index >= 15 is 4.39 Å². The fraction of sp³-hybridized carbons (Fsp3) is 0.875. The second kappa shape index (κ2) is 16.0. The quantitative estimate of drug-likeness (QED) is 0.323. The number of fused-ring (bicyclic) bond motifs is 5. The third-order valence-corrected chi connectivity index (χ3v) is 14.7. The maximum atomic E-state index is 16.8. The smallest absolute Gasteiger partial charge is 0.256 e. The Morgan fingerprint density at radius 3 is 2.48 bits per heavy atom. The van der Waals surface area contributed by atoms with Gasteiger partial charge in [0.05, 0.1) is 61.3 Å². The van der Waals surface area contributed by atoms with Crippen molar-refractivity contribution in [3.63, 3.8) is 0 Å². The topological polar surface area (TPSA) is 119 Å². The highest BCUT2D eigenvalue weighted by Crippen LogP contribution is 2.53. The van der Waals surface area contributed by atoms with E-state index in [-0.39, 0.29) is 59.9 Å². The monoisotopic (exact) mass is 755 g/mol. The summed E-state index contributed by atoms with van der Waals surface area (Å²) in [6, 6.07) is -0.954. The average molecular weight is 756 g/mol. The zero-order valence-electron chi connectivity index (χ0n) is 32.1. The minimum absolute atomic E-state index is 0.0397. The molecular formula is C40H62FN7O6. The summed E-state index contributed by atoms with van der Waals surface area (Å²) in [6.07, 6.45) is 8.04. The molecule has 3 aliphatic carbocycles. The van der Waals surface area contributed by atoms with Gasteiger partial charge in [0.25, 0.3) is 5.91 Å². The fourth-order valence-electron chi connectivity index (χ4n) is 11.9. The molecule has 6 aliphatic heterocycles. The largest absolute Gasteiger partial charge is 0.379 e. The lowest BCUT2D eigenvalue weighted by Crippen LogP contribution is -2.73. The minimum Gasteiger partial charge on any atom is -0.379 e. The van der Waals surface area contributed by atoms with Crippen LogP contribution in [0.3, 0.4) is 0 Å². The van der Waals surface area contributed by atoms with Gasteiger partial charge in [-0.15, -0.1) is 0 Å². The number of ketones is 1. The number of likely N-dealkylation sites (N-methyl/N-ethyl adjacent to an activating group) is 1. The van der Waals surface area contributed by atoms with Crippen molar-refractivity contribution in [1.82, 2.24) is 35.1 Å². The Morgan fingerprint density at radius 2 is 1.65 bits per heavy atom. The molecule has 11 unspecified atom stereocenters. The molecule has 0 spiro atoms. The number of nitrogens with zero attached hydrogens (tertiary/aromatic N) is 5. The third kappa shape index (κ3) is 7.38. The van der Waals surface area contributed by atoms with E-state index in [0.717, 1.165) is 71.5 Å². The van der Waals surface area contributed by atoms with Crippen LogP contribution in [0.4, 0.5) is 4.39 Å². The molecule has 2 amide bonds. The number of carbonyl (C=O) groups excluding carboxylic acids is 3. The molecular weight excluding hydrogens is 693 g/mol. The molecule has 6 heterocycles. The van der Waals surface area contributed by atoms with Gasteiger partial charge in [0.1, 0.15) is 6.17 Å². The number of amides is 2. The SMILES string of the molecule is CN1CCN(CCC(=O)N[C@@H]2CCN(C3C(F)CC4C(=O)C(C(=O)NCCN5CCOCC5)=CN5C6CC7OC8CCCCC8C7CC6OC3C45)C2)CC1. The number of carbonyl (C=O) groups is 3. The molecule has 0 bridgehead atoms. The van der Waals surface area contributed by atoms with Gasteiger partial charge in [0.15, 0.2) is 5.78 Å². The van der Waals surface area contributed by atoms with E-state index in [1.54, 1.807) is 0 Å². The zero-order chi connectivity index (χ0) is 36.9. The summed E-state index contributed by atoms with van der Waals surface area (Å²) < 4.78 is 36.2. The van der Waals surface area contributed by atoms with E-state index in [0.29, 0.717) is 63.8 Å². The molecule has 8 fully saturated rings. The molecule has 14 heteroatoms. The number of nitrogens with one attached hydrogen (secondary N) is 2. The first-order valence-corrected chi connectivity index (χ1v) is 21.3. The third-order valence-electron chi connectivity index (χ3n) is 14.7. The van der Waals surface area contributed by atoms with Crippen LogP contribution in [0, 0.1) is 17.8 Å². The van der Waals surface area contributed by atoms with E-state index in [1.165, 1.54) is 19.3 Å². The van der Waals surface area contributed by atoms with Crippen molar-refractivity contribution in [3.8, 4) is 0 Å². The van der Waals surface area contributed by atoms with Gasteiger partial charge in [0.2, 0.25) is 5.91 Å². The van der Waals surface area contributed by atoms with E-state index < -0.39 is 24.2 Å². The summed E-state index contributed by atoms with van der Waals surface area (Å²) in [5.74, 6) is -0.282. The summed E-state index contributed by atoms with van der Waals surface area (Å²) >= 11 is 0. The number of Topliss-reactive ketones (excluding diaryl/α,β-unsaturated/α-hetero) is 1. The number of hydrogen-bond donors (Lipinski definition) is 2. The van der Waals surface area contributed by atoms with Gasteiger partial charge in [-0.2, -0.15) is 0 Å². The zero-order valence-corrected chi connectivity index (χ0v) is 32.1. The van der Waals surface area contributed by atoms with Crippen LogP contribution in [-0.2, 0) is 28.6 Å². The standard InChI is InChI=1S/C40H62FN7O6/c1-44-12-14-45(15-13-44)9-7-35(49)43-25-6-10-47(23-25)37-30(41)20-28-36-39(37)54-34-21-27-26-4-2-3-5-32(26)53-33(27)22-31(34)48(36)24-29(38(28)50)40(51)42-8-11-46-16-18-52-19-17-46/h24-28,30-34,36-37,39H,2-23H2,1H3,(H,42,51)(H,43,49)/t25-,26?,27?,28?,30?,31?,32?,33?,34?,36?,37?,39?/m1/s1. The Bertz CT molecular complexity index is 1420. The van der Waals surface area contributed by atoms with Gasteiger partial charge < -0.3 is 39.5 Å². The highest BCUT2D eigenvalue weighted by Gasteiger charge is 2.62. The molecule has 2 N–H and O–H groups in total. The molecule has 0 aromatic carbocycles. The highest BCUT2D eigenvalue weighted by molar-refractivity contribution is 6.20. The normalized spacial score (nSPS) is 41.7. The molecule has 9 rings (SSSR count). The number of morpholine rings is 2. The predicted octanol–water partition coefficient (Wildman–Crippen LogP) is 0.630. The van der Waals surface area contributed by atoms with Crippen LogP contribution in [0.1, 0.15) is 57.8 Å². The Balaban J connectivity index is 0.917. The molecule has 0 aromatic rings. The van der Waals surface area contributed by atoms with Crippen molar-refractivity contribution in [2.24, 2.45) is 17.8 Å². The molecule has 0 aromatic heterocycles. The predicted molar refractivity (Wildman–Crippen MR) is 198 cm³/mol. The van der Waals surface area contributed by atoms with Crippen molar-refractivity contribution in [2.45, 2.75) is 113 Å². The fourth-order valence-corrected chi connectivity index (χ4v) is 11.9. The van der Waals surface area contributed by atoms with Crippen LogP contribution in [0.2, 0.25) is 0 Å². The molecule has 9 aliphatic rings. The Morgan fingerprint density at radius 1 is 0.852 bits per heavy atom. The van der Waals surface area contributed by atoms with Crippen LogP contribution in [0.15, 0.2) is 11.8 Å². The first-order valence-electron chi connectivity index (χ1n) is 21.3. The highest BCUT2D eigenvalue weighted by atomic mass is 19.1. The first-order chi connectivity index (χ1) is 26.3. The molecule has 5 saturated heterocycles. The van der Waals surface area contributed by atoms with Crippen LogP contribution >= 0.6 is 0 Å². The number of ether oxygens (including phenoxy) is 3. The summed E-state index contributed by atoms with van der Waals surface area (Å²) in [4.78, 5) is 52.5. The lowest BCUT2D eigenvalue weighted by Gasteiger charge is -2.61. The summed E-state index contributed by atoms with van der Waals surface area (Å²) in [5.41, 5.74) is 0.145. The van der Waals surface area contributed by atoms with Gasteiger partial charge in [-0.1, -0.05) is 12.8 Å². The number of rotatable bonds is 9. The Labute approximate surface area is 319 Å². The van der Waals surface area contributed by atoms with Crippen LogP contribution < -0.4 is 10.6 Å². The van der Waals surface area contributed by atoms with E-state index in [9.17, 15) is 14.4 Å². The minimum atomic E-state index is -1.29. The number of likely N-dealkylation sites (tertiary alicyclic amines) is 1. The maximum Gasteiger partial charge on any atom is 0.256 e. The van der Waals surface area contributed by atoms with Gasteiger partial charge in [-0.05, 0) is 57.4 Å². The van der Waals surface area contributed by atoms with Gasteiger partial charge in [0, 0.05) is 96.6 Å². The van der Waals surface area contributed by atoms with Crippen molar-refractivity contribution >= 4 is 17.6 Å². The van der Waals surface area contributed by atoms with Gasteiger partial charge in [-0.25, -0.2) is 4.39 Å². The van der Waals surface area contributed by atoms with Gasteiger partial charge >= 0.3 is 0 Å². The van der Waals surface area contributed by atoms with Crippen molar-refractivity contribution < 1.29 is 33.0 Å². The molecule has 13 nitrogen and oxygen atoms in total. The molecule has 0 radical (unpaired) electrons. The Kier molecular flexibility index (Phi) is 11.1. The second-order valence-electron chi connectivity index (χ2n) is 17.8. The average Bonchev–Trinajstić information content (AvgIpc) is 3.79. The number of alkyl halides is 1. The van der Waals surface area contributed by atoms with Gasteiger partial charge in [-0.3, -0.25) is 24.2 Å². The van der Waals surface area contributed by atoms with Crippen molar-refractivity contribution in [1.29, 1.82) is 0 Å². The Hall–Kier alpha value is -2.20. The van der Waals surface area contributed by atoms with Crippen molar-refractivity contribution in [3.05, 3.63) is 11.8 Å².